The van der Waals surface area contributed by atoms with Gasteiger partial charge in [-0.3, -0.25) is 4.79 Å². The van der Waals surface area contributed by atoms with Crippen LogP contribution in [0.15, 0.2) is 30.3 Å². The van der Waals surface area contributed by atoms with Gasteiger partial charge in [-0.05, 0) is 37.0 Å². The summed E-state index contributed by atoms with van der Waals surface area (Å²) in [5, 5.41) is 11.7. The van der Waals surface area contributed by atoms with Crippen LogP contribution in [0.25, 0.3) is 0 Å². The quantitative estimate of drug-likeness (QED) is 0.691. The highest BCUT2D eigenvalue weighted by atomic mass is 32.2. The summed E-state index contributed by atoms with van der Waals surface area (Å²) >= 11 is 1.57. The summed E-state index contributed by atoms with van der Waals surface area (Å²) in [4.78, 5) is 25.0. The number of thioether (sulfide) groups is 1. The fourth-order valence-electron chi connectivity index (χ4n) is 2.05. The molecule has 1 rings (SSSR count). The Bertz CT molecular complexity index is 468. The van der Waals surface area contributed by atoms with Crippen LogP contribution in [0.5, 0.6) is 0 Å². The molecule has 5 nitrogen and oxygen atoms in total. The van der Waals surface area contributed by atoms with Crippen LogP contribution in [0.4, 0.5) is 5.69 Å². The molecule has 1 amide bonds. The molecule has 122 valence electrons. The van der Waals surface area contributed by atoms with Crippen molar-refractivity contribution in [2.24, 2.45) is 0 Å². The van der Waals surface area contributed by atoms with Crippen molar-refractivity contribution < 1.29 is 14.7 Å². The number of amides is 1. The van der Waals surface area contributed by atoms with Gasteiger partial charge in [0.2, 0.25) is 5.91 Å². The maximum Gasteiger partial charge on any atom is 0.326 e. The molecule has 1 aromatic carbocycles. The number of carboxylic acids is 1. The van der Waals surface area contributed by atoms with Gasteiger partial charge in [0.15, 0.2) is 0 Å². The Balaban J connectivity index is 2.31. The molecule has 0 fully saturated rings. The zero-order chi connectivity index (χ0) is 16.4. The predicted molar refractivity (Wildman–Crippen MR) is 91.5 cm³/mol. The van der Waals surface area contributed by atoms with Gasteiger partial charge in [0.05, 0.1) is 0 Å². The number of rotatable bonds is 10. The number of carbonyl (C=O) groups excluding carboxylic acids is 1. The molecule has 6 heteroatoms. The summed E-state index contributed by atoms with van der Waals surface area (Å²) in [7, 11) is 1.98. The summed E-state index contributed by atoms with van der Waals surface area (Å²) in [5.41, 5.74) is 1.10. The molecular formula is C16H24N2O3S. The van der Waals surface area contributed by atoms with Crippen molar-refractivity contribution in [3.8, 4) is 0 Å². The minimum atomic E-state index is -0.969. The molecule has 0 aliphatic heterocycles. The van der Waals surface area contributed by atoms with Crippen molar-refractivity contribution in [1.29, 1.82) is 0 Å². The second-order valence-electron chi connectivity index (χ2n) is 5.10. The molecule has 0 heterocycles. The molecule has 0 aliphatic carbocycles. The van der Waals surface area contributed by atoms with E-state index in [4.69, 9.17) is 5.11 Å². The van der Waals surface area contributed by atoms with Crippen molar-refractivity contribution in [3.05, 3.63) is 30.3 Å². The second-order valence-corrected chi connectivity index (χ2v) is 6.09. The first kappa shape index (κ1) is 18.4. The summed E-state index contributed by atoms with van der Waals surface area (Å²) in [6, 6.07) is 9.16. The van der Waals surface area contributed by atoms with Crippen LogP contribution in [-0.4, -0.2) is 48.6 Å². The van der Waals surface area contributed by atoms with Gasteiger partial charge in [-0.2, -0.15) is 11.8 Å². The second kappa shape index (κ2) is 10.1. The van der Waals surface area contributed by atoms with E-state index in [9.17, 15) is 9.59 Å². The molecule has 2 N–H and O–H groups in total. The molecule has 0 radical (unpaired) electrons. The normalized spacial score (nSPS) is 11.7. The third kappa shape index (κ3) is 6.85. The molecule has 0 spiro atoms. The fraction of sp³-hybridized carbons (Fsp3) is 0.500. The van der Waals surface area contributed by atoms with Crippen LogP contribution in [0.2, 0.25) is 0 Å². The minimum Gasteiger partial charge on any atom is -0.480 e. The van der Waals surface area contributed by atoms with Crippen LogP contribution in [0, 0.1) is 0 Å². The Kier molecular flexibility index (Phi) is 8.43. The third-order valence-corrected chi connectivity index (χ3v) is 3.98. The van der Waals surface area contributed by atoms with Crippen molar-refractivity contribution in [2.75, 3.05) is 30.5 Å². The lowest BCUT2D eigenvalue weighted by atomic mass is 10.2. The average Bonchev–Trinajstić information content (AvgIpc) is 2.51. The Morgan fingerprint density at radius 3 is 2.59 bits per heavy atom. The lowest BCUT2D eigenvalue weighted by Gasteiger charge is -2.19. The number of carboxylic acid groups (broad SMARTS) is 1. The fourth-order valence-corrected chi connectivity index (χ4v) is 2.52. The summed E-state index contributed by atoms with van der Waals surface area (Å²) in [6.07, 6.45) is 3.39. The largest absolute Gasteiger partial charge is 0.480 e. The Morgan fingerprint density at radius 2 is 2.00 bits per heavy atom. The molecule has 1 unspecified atom stereocenters. The van der Waals surface area contributed by atoms with Crippen LogP contribution >= 0.6 is 11.8 Å². The average molecular weight is 324 g/mol. The number of hydrogen-bond donors (Lipinski definition) is 2. The molecule has 0 saturated carbocycles. The maximum absolute atomic E-state index is 11.8. The lowest BCUT2D eigenvalue weighted by molar-refractivity contribution is -0.141. The number of hydrogen-bond acceptors (Lipinski definition) is 4. The maximum atomic E-state index is 11.8. The van der Waals surface area contributed by atoms with Crippen molar-refractivity contribution in [1.82, 2.24) is 5.32 Å². The number of anilines is 1. The SMILES string of the molecule is CSCCC(NC(=O)CCCN(C)c1ccccc1)C(=O)O. The van der Waals surface area contributed by atoms with E-state index in [0.29, 0.717) is 25.0 Å². The summed E-state index contributed by atoms with van der Waals surface area (Å²) in [6.45, 7) is 0.750. The molecule has 22 heavy (non-hydrogen) atoms. The predicted octanol–water partition coefficient (Wildman–Crippen LogP) is 2.23. The number of nitrogens with zero attached hydrogens (tertiary/aromatic N) is 1. The van der Waals surface area contributed by atoms with E-state index in [-0.39, 0.29) is 5.91 Å². The number of aliphatic carboxylic acids is 1. The van der Waals surface area contributed by atoms with Gasteiger partial charge in [-0.15, -0.1) is 0 Å². The number of para-hydroxylation sites is 1. The van der Waals surface area contributed by atoms with E-state index in [2.05, 4.69) is 10.2 Å². The zero-order valence-corrected chi connectivity index (χ0v) is 13.9. The van der Waals surface area contributed by atoms with Gasteiger partial charge < -0.3 is 15.3 Å². The van der Waals surface area contributed by atoms with E-state index < -0.39 is 12.0 Å². The van der Waals surface area contributed by atoms with E-state index in [1.807, 2.05) is 43.6 Å². The van der Waals surface area contributed by atoms with E-state index in [1.54, 1.807) is 11.8 Å². The molecule has 0 aromatic heterocycles. The third-order valence-electron chi connectivity index (χ3n) is 3.34. The van der Waals surface area contributed by atoms with Gasteiger partial charge >= 0.3 is 5.97 Å². The molecule has 0 saturated heterocycles. The van der Waals surface area contributed by atoms with Crippen molar-refractivity contribution in [3.63, 3.8) is 0 Å². The molecule has 0 aliphatic rings. The van der Waals surface area contributed by atoms with Crippen molar-refractivity contribution in [2.45, 2.75) is 25.3 Å². The van der Waals surface area contributed by atoms with Crippen LogP contribution in [-0.2, 0) is 9.59 Å². The van der Waals surface area contributed by atoms with Crippen LogP contribution in [0.3, 0.4) is 0 Å². The van der Waals surface area contributed by atoms with Crippen LogP contribution < -0.4 is 10.2 Å². The van der Waals surface area contributed by atoms with E-state index in [1.165, 1.54) is 0 Å². The van der Waals surface area contributed by atoms with Gasteiger partial charge in [0.25, 0.3) is 0 Å². The van der Waals surface area contributed by atoms with Gasteiger partial charge in [-0.25, -0.2) is 4.79 Å². The standard InChI is InChI=1S/C16H24N2O3S/c1-18(13-7-4-3-5-8-13)11-6-9-15(19)17-14(16(20)21)10-12-22-2/h3-5,7-8,14H,6,9-12H2,1-2H3,(H,17,19)(H,20,21). The Morgan fingerprint density at radius 1 is 1.32 bits per heavy atom. The van der Waals surface area contributed by atoms with Gasteiger partial charge in [0, 0.05) is 25.7 Å². The highest BCUT2D eigenvalue weighted by Crippen LogP contribution is 2.11. The first-order valence-corrected chi connectivity index (χ1v) is 8.71. The highest BCUT2D eigenvalue weighted by molar-refractivity contribution is 7.98. The number of nitrogens with one attached hydrogen (secondary N) is 1. The van der Waals surface area contributed by atoms with Crippen LogP contribution in [0.1, 0.15) is 19.3 Å². The number of carbonyl (C=O) groups is 2. The van der Waals surface area contributed by atoms with Crippen molar-refractivity contribution >= 4 is 29.3 Å². The Hall–Kier alpha value is -1.69. The summed E-state index contributed by atoms with van der Waals surface area (Å²) in [5.74, 6) is -0.452. The first-order chi connectivity index (χ1) is 10.5. The molecular weight excluding hydrogens is 300 g/mol. The monoisotopic (exact) mass is 324 g/mol. The molecule has 1 aromatic rings. The summed E-state index contributed by atoms with van der Waals surface area (Å²) < 4.78 is 0. The topological polar surface area (TPSA) is 69.6 Å². The Labute approximate surface area is 136 Å². The first-order valence-electron chi connectivity index (χ1n) is 7.32. The highest BCUT2D eigenvalue weighted by Gasteiger charge is 2.18. The number of benzene rings is 1. The lowest BCUT2D eigenvalue weighted by Crippen LogP contribution is -2.41. The zero-order valence-electron chi connectivity index (χ0n) is 13.1. The van der Waals surface area contributed by atoms with E-state index in [0.717, 1.165) is 12.2 Å². The van der Waals surface area contributed by atoms with Gasteiger partial charge in [0.1, 0.15) is 6.04 Å². The van der Waals surface area contributed by atoms with Gasteiger partial charge in [-0.1, -0.05) is 18.2 Å². The smallest absolute Gasteiger partial charge is 0.326 e. The van der Waals surface area contributed by atoms with E-state index >= 15 is 0 Å². The molecule has 0 bridgehead atoms. The molecule has 1 atom stereocenters. The minimum absolute atomic E-state index is 0.199.